The zero-order valence-electron chi connectivity index (χ0n) is 10.8. The van der Waals surface area contributed by atoms with Gasteiger partial charge in [0, 0.05) is 25.7 Å². The molecule has 2 N–H and O–H groups in total. The first kappa shape index (κ1) is 12.0. The number of rotatable bonds is 4. The minimum Gasteiger partial charge on any atom is -0.492 e. The number of para-hydroxylation sites is 1. The van der Waals surface area contributed by atoms with E-state index in [1.807, 2.05) is 30.3 Å². The van der Waals surface area contributed by atoms with Crippen molar-refractivity contribution in [2.45, 2.75) is 18.9 Å². The van der Waals surface area contributed by atoms with Crippen LogP contribution in [0.5, 0.6) is 5.75 Å². The molecule has 1 saturated heterocycles. The summed E-state index contributed by atoms with van der Waals surface area (Å²) in [6, 6.07) is 10.5. The van der Waals surface area contributed by atoms with Gasteiger partial charge in [-0.2, -0.15) is 0 Å². The van der Waals surface area contributed by atoms with Crippen molar-refractivity contribution in [1.29, 1.82) is 0 Å². The highest BCUT2D eigenvalue weighted by atomic mass is 16.5. The van der Waals surface area contributed by atoms with Gasteiger partial charge in [0.2, 0.25) is 0 Å². The highest BCUT2D eigenvalue weighted by Gasteiger charge is 2.40. The number of likely N-dealkylation sites (tertiary alicyclic amines) is 1. The van der Waals surface area contributed by atoms with Crippen molar-refractivity contribution in [3.63, 3.8) is 0 Å². The number of fused-ring (bicyclic) bond motifs is 1. The number of benzene rings is 1. The number of nitrogens with zero attached hydrogens (tertiary/aromatic N) is 1. The maximum absolute atomic E-state index is 6.14. The Morgan fingerprint density at radius 3 is 2.78 bits per heavy atom. The Labute approximate surface area is 109 Å². The molecule has 0 aromatic heterocycles. The summed E-state index contributed by atoms with van der Waals surface area (Å²) in [5.74, 6) is 2.55. The van der Waals surface area contributed by atoms with Gasteiger partial charge in [-0.05, 0) is 36.8 Å². The van der Waals surface area contributed by atoms with E-state index in [-0.39, 0.29) is 0 Å². The topological polar surface area (TPSA) is 38.5 Å². The van der Waals surface area contributed by atoms with Gasteiger partial charge in [-0.3, -0.25) is 4.90 Å². The molecule has 1 heterocycles. The standard InChI is InChI=1S/C15H22N2O/c16-15-7-6-12-10-17(11-14(12)15)8-9-18-13-4-2-1-3-5-13/h1-5,12,14-15H,6-11,16H2. The monoisotopic (exact) mass is 246 g/mol. The number of hydrogen-bond acceptors (Lipinski definition) is 3. The molecule has 1 aromatic rings. The average molecular weight is 246 g/mol. The van der Waals surface area contributed by atoms with E-state index in [2.05, 4.69) is 4.90 Å². The minimum atomic E-state index is 0.440. The molecule has 3 unspecified atom stereocenters. The Balaban J connectivity index is 1.43. The van der Waals surface area contributed by atoms with Crippen LogP contribution in [-0.4, -0.2) is 37.2 Å². The highest BCUT2D eigenvalue weighted by molar-refractivity contribution is 5.20. The molecule has 3 heteroatoms. The number of ether oxygens (including phenoxy) is 1. The summed E-state index contributed by atoms with van der Waals surface area (Å²) in [5.41, 5.74) is 6.14. The van der Waals surface area contributed by atoms with E-state index in [4.69, 9.17) is 10.5 Å². The summed E-state index contributed by atoms with van der Waals surface area (Å²) in [6.45, 7) is 4.19. The smallest absolute Gasteiger partial charge is 0.119 e. The summed E-state index contributed by atoms with van der Waals surface area (Å²) < 4.78 is 5.74. The predicted molar refractivity (Wildman–Crippen MR) is 72.6 cm³/mol. The lowest BCUT2D eigenvalue weighted by Crippen LogP contribution is -2.32. The second-order valence-corrected chi connectivity index (χ2v) is 5.59. The van der Waals surface area contributed by atoms with Gasteiger partial charge in [0.05, 0.1) is 0 Å². The second-order valence-electron chi connectivity index (χ2n) is 5.59. The molecular formula is C15H22N2O. The van der Waals surface area contributed by atoms with Crippen molar-refractivity contribution in [1.82, 2.24) is 4.90 Å². The van der Waals surface area contributed by atoms with Crippen molar-refractivity contribution >= 4 is 0 Å². The van der Waals surface area contributed by atoms with E-state index in [0.29, 0.717) is 6.04 Å². The maximum atomic E-state index is 6.14. The van der Waals surface area contributed by atoms with Gasteiger partial charge in [-0.25, -0.2) is 0 Å². The Bertz CT molecular complexity index is 381. The van der Waals surface area contributed by atoms with E-state index < -0.39 is 0 Å². The first-order chi connectivity index (χ1) is 8.83. The molecule has 0 bridgehead atoms. The molecule has 3 nitrogen and oxygen atoms in total. The van der Waals surface area contributed by atoms with E-state index in [9.17, 15) is 0 Å². The molecule has 0 radical (unpaired) electrons. The van der Waals surface area contributed by atoms with Crippen LogP contribution in [-0.2, 0) is 0 Å². The second kappa shape index (κ2) is 5.29. The van der Waals surface area contributed by atoms with Crippen LogP contribution in [0.2, 0.25) is 0 Å². The summed E-state index contributed by atoms with van der Waals surface area (Å²) in [7, 11) is 0. The molecule has 3 rings (SSSR count). The molecule has 98 valence electrons. The quantitative estimate of drug-likeness (QED) is 0.879. The zero-order chi connectivity index (χ0) is 12.4. The Morgan fingerprint density at radius 2 is 2.00 bits per heavy atom. The van der Waals surface area contributed by atoms with E-state index in [0.717, 1.165) is 30.7 Å². The van der Waals surface area contributed by atoms with Crippen molar-refractivity contribution < 1.29 is 4.74 Å². The van der Waals surface area contributed by atoms with Crippen molar-refractivity contribution in [2.24, 2.45) is 17.6 Å². The van der Waals surface area contributed by atoms with Gasteiger partial charge in [-0.1, -0.05) is 18.2 Å². The van der Waals surface area contributed by atoms with Gasteiger partial charge < -0.3 is 10.5 Å². The molecule has 2 fully saturated rings. The third-order valence-corrected chi connectivity index (χ3v) is 4.41. The molecule has 1 aliphatic heterocycles. The molecule has 2 aliphatic rings. The molecule has 1 saturated carbocycles. The fourth-order valence-electron chi connectivity index (χ4n) is 3.39. The Morgan fingerprint density at radius 1 is 1.17 bits per heavy atom. The normalized spacial score (nSPS) is 31.5. The summed E-state index contributed by atoms with van der Waals surface area (Å²) >= 11 is 0. The fraction of sp³-hybridized carbons (Fsp3) is 0.600. The van der Waals surface area contributed by atoms with Crippen LogP contribution in [0.4, 0.5) is 0 Å². The third kappa shape index (κ3) is 2.52. The van der Waals surface area contributed by atoms with Crippen LogP contribution in [0.3, 0.4) is 0 Å². The van der Waals surface area contributed by atoms with Crippen LogP contribution in [0, 0.1) is 11.8 Å². The van der Waals surface area contributed by atoms with Crippen LogP contribution in [0.1, 0.15) is 12.8 Å². The molecule has 1 aliphatic carbocycles. The largest absolute Gasteiger partial charge is 0.492 e. The molecule has 0 amide bonds. The molecular weight excluding hydrogens is 224 g/mol. The fourth-order valence-corrected chi connectivity index (χ4v) is 3.39. The SMILES string of the molecule is NC1CCC2CN(CCOc3ccccc3)CC12. The average Bonchev–Trinajstić information content (AvgIpc) is 2.94. The minimum absolute atomic E-state index is 0.440. The van der Waals surface area contributed by atoms with Gasteiger partial charge in [0.15, 0.2) is 0 Å². The number of hydrogen-bond donors (Lipinski definition) is 1. The van der Waals surface area contributed by atoms with E-state index in [1.54, 1.807) is 0 Å². The first-order valence-corrected chi connectivity index (χ1v) is 6.99. The Hall–Kier alpha value is -1.06. The Kier molecular flexibility index (Phi) is 3.52. The summed E-state index contributed by atoms with van der Waals surface area (Å²) in [4.78, 5) is 2.51. The van der Waals surface area contributed by atoms with Crippen molar-refractivity contribution in [3.8, 4) is 5.75 Å². The van der Waals surface area contributed by atoms with Gasteiger partial charge in [0.1, 0.15) is 12.4 Å². The van der Waals surface area contributed by atoms with E-state index >= 15 is 0 Å². The van der Waals surface area contributed by atoms with Crippen molar-refractivity contribution in [2.75, 3.05) is 26.2 Å². The first-order valence-electron chi connectivity index (χ1n) is 6.99. The maximum Gasteiger partial charge on any atom is 0.119 e. The predicted octanol–water partition coefficient (Wildman–Crippen LogP) is 1.73. The third-order valence-electron chi connectivity index (χ3n) is 4.41. The van der Waals surface area contributed by atoms with Gasteiger partial charge in [0.25, 0.3) is 0 Å². The van der Waals surface area contributed by atoms with Crippen LogP contribution in [0.25, 0.3) is 0 Å². The molecule has 0 spiro atoms. The summed E-state index contributed by atoms with van der Waals surface area (Å²) in [5, 5.41) is 0. The molecule has 3 atom stereocenters. The zero-order valence-corrected chi connectivity index (χ0v) is 10.8. The molecule has 1 aromatic carbocycles. The van der Waals surface area contributed by atoms with Crippen LogP contribution in [0.15, 0.2) is 30.3 Å². The molecule has 18 heavy (non-hydrogen) atoms. The lowest BCUT2D eigenvalue weighted by Gasteiger charge is -2.18. The van der Waals surface area contributed by atoms with E-state index in [1.165, 1.54) is 25.9 Å². The lowest BCUT2D eigenvalue weighted by molar-refractivity contribution is 0.225. The van der Waals surface area contributed by atoms with Gasteiger partial charge in [-0.15, -0.1) is 0 Å². The lowest BCUT2D eigenvalue weighted by atomic mass is 9.98. The summed E-state index contributed by atoms with van der Waals surface area (Å²) in [6.07, 6.45) is 2.55. The highest BCUT2D eigenvalue weighted by Crippen LogP contribution is 2.36. The van der Waals surface area contributed by atoms with Crippen LogP contribution < -0.4 is 10.5 Å². The van der Waals surface area contributed by atoms with Crippen LogP contribution >= 0.6 is 0 Å². The number of nitrogens with two attached hydrogens (primary N) is 1. The van der Waals surface area contributed by atoms with Crippen molar-refractivity contribution in [3.05, 3.63) is 30.3 Å². The van der Waals surface area contributed by atoms with Gasteiger partial charge >= 0.3 is 0 Å².